The molecule has 28 nitrogen and oxygen atoms in total. The Balaban J connectivity index is 0.000000198. The van der Waals surface area contributed by atoms with Crippen LogP contribution in [0, 0.1) is 17.8 Å². The lowest BCUT2D eigenvalue weighted by atomic mass is 9.89. The van der Waals surface area contributed by atoms with Crippen molar-refractivity contribution in [2.24, 2.45) is 38.5 Å². The Kier molecular flexibility index (Phi) is 29.5. The van der Waals surface area contributed by atoms with E-state index in [0.29, 0.717) is 91.3 Å². The lowest BCUT2D eigenvalue weighted by Gasteiger charge is -2.35. The molecule has 3 atom stereocenters. The lowest BCUT2D eigenvalue weighted by molar-refractivity contribution is -0.192. The molecule has 12 rings (SSSR count). The van der Waals surface area contributed by atoms with Crippen LogP contribution in [0.3, 0.4) is 0 Å². The molecule has 103 heavy (non-hydrogen) atoms. The molecule has 6 fully saturated rings. The van der Waals surface area contributed by atoms with Crippen molar-refractivity contribution in [2.45, 2.75) is 141 Å². The standard InChI is InChI=1S/C21H27ClN4O4S.C20H26ClN5O4S.C18H23ClN4O3S.C3H6O2.C2HF3O2.CH3Cl/c1-2-18(27)25-10-4-5-15(14-25)19-23-20(28)21(24-19)8-11-26(12-9-21)31(29,30)17-7-3-6-16(22)13-17;21-15-4-1-5-16(11-15)31(29,30)26-9-6-20(7-10-26)19(28)23-18(24-20)14-3-2-8-25(13-14)17(27)12-22;19-14-4-1-5-15(11-14)27(25,26)23-9-6-18(7-10-23)17(24)21-16(22-18)13-3-2-8-20-12-13;1-2-3(4)5;3-2(4,5)1(6)7;1-2/h3,6-7,13,15H,2,4-5,8-12,14H2,1H3,(H,23,24,28);1,4-5,11,14H,2-3,6-10,12-13,22H2,(H,23,24,28);1,4-5,11,13,20H,2-3,6-10,12H2,(H,21,22,24);2H2,1H3,(H,4,5);(H,6,7);1H3. The highest BCUT2D eigenvalue weighted by molar-refractivity contribution is 7.89. The molecule has 568 valence electrons. The van der Waals surface area contributed by atoms with Crippen LogP contribution in [-0.4, -0.2) is 231 Å². The summed E-state index contributed by atoms with van der Waals surface area (Å²) < 4.78 is 113. The van der Waals surface area contributed by atoms with Crippen LogP contribution in [0.15, 0.2) is 102 Å². The summed E-state index contributed by atoms with van der Waals surface area (Å²) in [7, 11) is -11.0. The molecule has 9 heterocycles. The van der Waals surface area contributed by atoms with E-state index in [1.54, 1.807) is 54.3 Å². The Morgan fingerprint density at radius 2 is 0.845 bits per heavy atom. The minimum absolute atomic E-state index is 0.0146. The van der Waals surface area contributed by atoms with Gasteiger partial charge in [-0.15, -0.1) is 11.6 Å². The molecule has 9 aliphatic heterocycles. The summed E-state index contributed by atoms with van der Waals surface area (Å²) >= 11 is 22.5. The number of nitrogens with two attached hydrogens (primary N) is 1. The molecule has 3 unspecified atom stereocenters. The maximum absolute atomic E-state index is 13.0. The number of piperidine rings is 6. The largest absolute Gasteiger partial charge is 0.490 e. The number of hydrogen-bond acceptors (Lipinski definition) is 18. The number of nitrogens with zero attached hydrogens (tertiary/aromatic N) is 8. The molecule has 3 aromatic carbocycles. The van der Waals surface area contributed by atoms with Crippen LogP contribution >= 0.6 is 46.4 Å². The second-order valence-electron chi connectivity index (χ2n) is 25.5. The molecule has 0 aliphatic carbocycles. The highest BCUT2D eigenvalue weighted by Gasteiger charge is 2.52. The first kappa shape index (κ1) is 83.8. The average molecular weight is 1580 g/mol. The van der Waals surface area contributed by atoms with Gasteiger partial charge in [0, 0.05) is 124 Å². The summed E-state index contributed by atoms with van der Waals surface area (Å²) in [5, 5.41) is 28.1. The number of carboxylic acid groups (broad SMARTS) is 2. The van der Waals surface area contributed by atoms with Gasteiger partial charge in [-0.1, -0.05) is 66.8 Å². The maximum atomic E-state index is 13.0. The SMILES string of the molecule is CCC(=O)N1CCCC(C2=NC3(CCN(S(=O)(=O)c4cccc(Cl)c4)CC3)C(=O)N2)C1.CCC(=O)O.CCl.NCC(=O)N1CCCC(C2=NC3(CCN(S(=O)(=O)c4cccc(Cl)c4)CC3)C(=O)N2)C1.O=C(O)C(F)(F)F.O=C1NC(C2CCCNC2)=NC12CCN(S(=O)(=O)c1cccc(Cl)c1)CC2. The van der Waals surface area contributed by atoms with Gasteiger partial charge in [0.1, 0.15) is 34.1 Å². The minimum atomic E-state index is -5.08. The summed E-state index contributed by atoms with van der Waals surface area (Å²) in [5.74, 6) is -1.73. The lowest BCUT2D eigenvalue weighted by Crippen LogP contribution is -2.50. The summed E-state index contributed by atoms with van der Waals surface area (Å²) in [5.41, 5.74) is 2.78. The molecule has 5 amide bonds. The molecule has 0 saturated carbocycles. The van der Waals surface area contributed by atoms with E-state index in [0.717, 1.165) is 64.0 Å². The number of amides is 5. The number of carbonyl (C=O) groups is 7. The number of carbonyl (C=O) groups excluding carboxylic acids is 5. The molecule has 3 aromatic rings. The van der Waals surface area contributed by atoms with Gasteiger partial charge in [0.2, 0.25) is 41.9 Å². The van der Waals surface area contributed by atoms with Crippen LogP contribution in [0.4, 0.5) is 13.2 Å². The second kappa shape index (κ2) is 36.2. The number of aliphatic imine (C=N–C) groups is 3. The highest BCUT2D eigenvalue weighted by atomic mass is 35.5. The normalized spacial score (nSPS) is 22.6. The number of nitrogens with one attached hydrogen (secondary N) is 4. The number of carboxylic acids is 2. The van der Waals surface area contributed by atoms with Crippen molar-refractivity contribution in [3.8, 4) is 0 Å². The highest BCUT2D eigenvalue weighted by Crippen LogP contribution is 2.39. The Labute approximate surface area is 616 Å². The van der Waals surface area contributed by atoms with E-state index >= 15 is 0 Å². The number of alkyl halides is 4. The third kappa shape index (κ3) is 20.8. The fraction of sp³-hybridized carbons (Fsp3) is 0.569. The number of hydrogen-bond donors (Lipinski definition) is 7. The zero-order valence-corrected chi connectivity index (χ0v) is 62.5. The van der Waals surface area contributed by atoms with Crippen LogP contribution in [0.5, 0.6) is 0 Å². The first-order valence-electron chi connectivity index (χ1n) is 33.5. The fourth-order valence-corrected chi connectivity index (χ4v) is 18.4. The summed E-state index contributed by atoms with van der Waals surface area (Å²) in [6, 6.07) is 18.6. The van der Waals surface area contributed by atoms with E-state index in [1.807, 2.05) is 11.8 Å². The van der Waals surface area contributed by atoms with Gasteiger partial charge in [0.15, 0.2) is 0 Å². The zero-order chi connectivity index (χ0) is 75.9. The zero-order valence-electron chi connectivity index (χ0n) is 57.0. The van der Waals surface area contributed by atoms with Crippen molar-refractivity contribution < 1.29 is 82.2 Å². The van der Waals surface area contributed by atoms with E-state index < -0.39 is 64.8 Å². The van der Waals surface area contributed by atoms with Gasteiger partial charge in [-0.3, -0.25) is 43.7 Å². The molecule has 0 radical (unpaired) electrons. The van der Waals surface area contributed by atoms with Gasteiger partial charge in [-0.05, 0) is 138 Å². The molecule has 0 aromatic heterocycles. The van der Waals surface area contributed by atoms with Gasteiger partial charge in [-0.25, -0.2) is 30.0 Å². The Morgan fingerprint density at radius 1 is 0.534 bits per heavy atom. The molecule has 38 heteroatoms. The first-order chi connectivity index (χ1) is 48.6. The quantitative estimate of drug-likeness (QED) is 0.102. The third-order valence-corrected chi connectivity index (χ3v) is 25.4. The molecule has 8 N–H and O–H groups in total. The molecular formula is C65H86Cl4F3N13O15S3. The Bertz CT molecular complexity index is 3870. The molecule has 6 saturated heterocycles. The second-order valence-corrected chi connectivity index (χ2v) is 32.7. The van der Waals surface area contributed by atoms with Crippen LogP contribution in [0.2, 0.25) is 15.1 Å². The Hall–Kier alpha value is -6.44. The van der Waals surface area contributed by atoms with Gasteiger partial charge in [-0.2, -0.15) is 26.1 Å². The van der Waals surface area contributed by atoms with Gasteiger partial charge >= 0.3 is 18.1 Å². The number of benzene rings is 3. The maximum Gasteiger partial charge on any atom is 0.490 e. The molecule has 3 spiro atoms. The molecule has 0 bridgehead atoms. The summed E-state index contributed by atoms with van der Waals surface area (Å²) in [6.07, 6.45) is 4.61. The molecule has 9 aliphatic rings. The van der Waals surface area contributed by atoms with Gasteiger partial charge in [0.05, 0.1) is 21.2 Å². The van der Waals surface area contributed by atoms with E-state index in [-0.39, 0.29) is 114 Å². The van der Waals surface area contributed by atoms with Crippen LogP contribution in [0.25, 0.3) is 0 Å². The number of sulfonamides is 3. The minimum Gasteiger partial charge on any atom is -0.481 e. The van der Waals surface area contributed by atoms with Crippen LogP contribution in [0.1, 0.15) is 104 Å². The van der Waals surface area contributed by atoms with E-state index in [9.17, 15) is 67.2 Å². The molecular weight excluding hydrogens is 1500 g/mol. The first-order valence-corrected chi connectivity index (χ1v) is 39.7. The average Bonchev–Trinajstić information content (AvgIpc) is 1.66. The summed E-state index contributed by atoms with van der Waals surface area (Å²) in [6.45, 7) is 9.04. The van der Waals surface area contributed by atoms with Gasteiger partial charge < -0.3 is 47.0 Å². The predicted molar refractivity (Wildman–Crippen MR) is 380 cm³/mol. The number of aliphatic carboxylic acids is 2. The van der Waals surface area contributed by atoms with E-state index in [1.165, 1.54) is 49.6 Å². The smallest absolute Gasteiger partial charge is 0.481 e. The summed E-state index contributed by atoms with van der Waals surface area (Å²) in [4.78, 5) is 99.0. The number of halogens is 7. The van der Waals surface area contributed by atoms with Crippen molar-refractivity contribution in [3.63, 3.8) is 0 Å². The third-order valence-electron chi connectivity index (χ3n) is 19.0. The van der Waals surface area contributed by atoms with Crippen LogP contribution in [-0.2, 0) is 63.6 Å². The van der Waals surface area contributed by atoms with E-state index in [2.05, 4.69) is 32.9 Å². The number of likely N-dealkylation sites (tertiary alicyclic amines) is 2. The number of rotatable bonds is 12. The predicted octanol–water partition coefficient (Wildman–Crippen LogP) is 5.99. The topological polar surface area (TPSA) is 390 Å². The van der Waals surface area contributed by atoms with Crippen molar-refractivity contribution in [3.05, 3.63) is 87.9 Å². The van der Waals surface area contributed by atoms with Crippen molar-refractivity contribution in [1.82, 2.24) is 44.0 Å². The fourth-order valence-electron chi connectivity index (χ4n) is 13.1. The van der Waals surface area contributed by atoms with Crippen molar-refractivity contribution in [2.75, 3.05) is 91.5 Å². The van der Waals surface area contributed by atoms with Crippen molar-refractivity contribution >= 4 is 135 Å². The van der Waals surface area contributed by atoms with Crippen LogP contribution < -0.4 is 27.0 Å². The Morgan fingerprint density at radius 3 is 1.12 bits per heavy atom. The van der Waals surface area contributed by atoms with E-state index in [4.69, 9.17) is 70.5 Å². The van der Waals surface area contributed by atoms with Crippen molar-refractivity contribution in [1.29, 1.82) is 0 Å². The monoisotopic (exact) mass is 1580 g/mol. The number of amidine groups is 3. The van der Waals surface area contributed by atoms with Gasteiger partial charge in [0.25, 0.3) is 17.7 Å².